The Labute approximate surface area is 186 Å². The summed E-state index contributed by atoms with van der Waals surface area (Å²) >= 11 is 0. The number of fused-ring (bicyclic) bond motifs is 1. The zero-order chi connectivity index (χ0) is 22.7. The first-order chi connectivity index (χ1) is 15.4. The number of hydrogen-bond acceptors (Lipinski definition) is 9. The monoisotopic (exact) mass is 456 g/mol. The fourth-order valence-electron chi connectivity index (χ4n) is 3.27. The quantitative estimate of drug-likeness (QED) is 0.467. The molecule has 3 aromatic rings. The standard InChI is InChI=1S/C21H24N6O4S/c1-3-27(4-2)32(28,29)16-8-5-14(6-9-16)25-20-19(22)21(24-12-23-20)26-15-7-10-17-18(11-15)31-13-30-17/h5-12H,3-4,13,22H2,1-2H3,(H2,23,24,25,26). The van der Waals surface area contributed by atoms with Crippen LogP contribution in [0.15, 0.2) is 53.7 Å². The number of nitrogen functional groups attached to an aromatic ring is 1. The molecule has 0 saturated carbocycles. The van der Waals surface area contributed by atoms with Crippen LogP contribution in [-0.2, 0) is 10.0 Å². The SMILES string of the molecule is CCN(CC)S(=O)(=O)c1ccc(Nc2ncnc(Nc3ccc4c(c3)OCO4)c2N)cc1. The molecule has 168 valence electrons. The molecular formula is C21H24N6O4S. The number of anilines is 5. The first kappa shape index (κ1) is 21.7. The molecule has 2 aromatic carbocycles. The molecule has 11 heteroatoms. The molecule has 10 nitrogen and oxygen atoms in total. The second kappa shape index (κ2) is 8.89. The molecule has 0 atom stereocenters. The lowest BCUT2D eigenvalue weighted by Crippen LogP contribution is -2.30. The van der Waals surface area contributed by atoms with Crippen LogP contribution in [0.2, 0.25) is 0 Å². The Morgan fingerprint density at radius 2 is 1.53 bits per heavy atom. The lowest BCUT2D eigenvalue weighted by molar-refractivity contribution is 0.174. The van der Waals surface area contributed by atoms with Gasteiger partial charge in [-0.2, -0.15) is 4.31 Å². The predicted octanol–water partition coefficient (Wildman–Crippen LogP) is 3.31. The van der Waals surface area contributed by atoms with E-state index in [0.717, 1.165) is 5.69 Å². The lowest BCUT2D eigenvalue weighted by Gasteiger charge is -2.18. The van der Waals surface area contributed by atoms with Gasteiger partial charge in [-0.25, -0.2) is 18.4 Å². The van der Waals surface area contributed by atoms with E-state index in [9.17, 15) is 8.42 Å². The summed E-state index contributed by atoms with van der Waals surface area (Å²) in [6, 6.07) is 11.9. The second-order valence-electron chi connectivity index (χ2n) is 6.92. The predicted molar refractivity (Wildman–Crippen MR) is 122 cm³/mol. The van der Waals surface area contributed by atoms with Gasteiger partial charge in [0.15, 0.2) is 23.1 Å². The number of benzene rings is 2. The minimum atomic E-state index is -3.52. The van der Waals surface area contributed by atoms with Crippen LogP contribution in [0.3, 0.4) is 0 Å². The normalized spacial score (nSPS) is 12.7. The summed E-state index contributed by atoms with van der Waals surface area (Å²) in [6.07, 6.45) is 1.38. The van der Waals surface area contributed by atoms with Crippen LogP contribution in [0.25, 0.3) is 0 Å². The molecule has 4 N–H and O–H groups in total. The Morgan fingerprint density at radius 1 is 0.938 bits per heavy atom. The molecule has 1 aliphatic rings. The zero-order valence-electron chi connectivity index (χ0n) is 17.7. The minimum Gasteiger partial charge on any atom is -0.454 e. The Kier molecular flexibility index (Phi) is 6.01. The Morgan fingerprint density at radius 3 is 2.19 bits per heavy atom. The summed E-state index contributed by atoms with van der Waals surface area (Å²) in [5, 5.41) is 6.25. The maximum atomic E-state index is 12.6. The van der Waals surface area contributed by atoms with Crippen molar-refractivity contribution in [3.8, 4) is 11.5 Å². The zero-order valence-corrected chi connectivity index (χ0v) is 18.5. The number of nitrogens with zero attached hydrogens (tertiary/aromatic N) is 3. The summed E-state index contributed by atoms with van der Waals surface area (Å²) < 4.78 is 37.4. The smallest absolute Gasteiger partial charge is 0.243 e. The van der Waals surface area contributed by atoms with Crippen molar-refractivity contribution in [1.29, 1.82) is 0 Å². The molecular weight excluding hydrogens is 432 g/mol. The Bertz CT molecular complexity index is 1210. The van der Waals surface area contributed by atoms with Gasteiger partial charge < -0.3 is 25.8 Å². The van der Waals surface area contributed by atoms with E-state index in [1.165, 1.54) is 10.6 Å². The highest BCUT2D eigenvalue weighted by Gasteiger charge is 2.21. The fourth-order valence-corrected chi connectivity index (χ4v) is 4.72. The van der Waals surface area contributed by atoms with E-state index in [4.69, 9.17) is 15.2 Å². The van der Waals surface area contributed by atoms with E-state index < -0.39 is 10.0 Å². The molecule has 4 rings (SSSR count). The molecule has 1 aromatic heterocycles. The van der Waals surface area contributed by atoms with Gasteiger partial charge in [0.2, 0.25) is 16.8 Å². The van der Waals surface area contributed by atoms with Crippen molar-refractivity contribution in [2.75, 3.05) is 36.2 Å². The number of nitrogens with two attached hydrogens (primary N) is 1. The van der Waals surface area contributed by atoms with Crippen molar-refractivity contribution >= 4 is 38.7 Å². The van der Waals surface area contributed by atoms with Crippen molar-refractivity contribution in [3.05, 3.63) is 48.8 Å². The summed E-state index contributed by atoms with van der Waals surface area (Å²) in [4.78, 5) is 8.64. The van der Waals surface area contributed by atoms with Crippen LogP contribution in [0.1, 0.15) is 13.8 Å². The van der Waals surface area contributed by atoms with Gasteiger partial charge in [-0.1, -0.05) is 13.8 Å². The minimum absolute atomic E-state index is 0.192. The molecule has 1 aliphatic heterocycles. The maximum absolute atomic E-state index is 12.6. The van der Waals surface area contributed by atoms with Gasteiger partial charge in [-0.3, -0.25) is 0 Å². The third-order valence-electron chi connectivity index (χ3n) is 4.98. The van der Waals surface area contributed by atoms with E-state index >= 15 is 0 Å². The highest BCUT2D eigenvalue weighted by atomic mass is 32.2. The highest BCUT2D eigenvalue weighted by Crippen LogP contribution is 2.36. The molecule has 32 heavy (non-hydrogen) atoms. The van der Waals surface area contributed by atoms with E-state index in [1.807, 2.05) is 19.9 Å². The summed E-state index contributed by atoms with van der Waals surface area (Å²) in [7, 11) is -3.52. The molecule has 2 heterocycles. The summed E-state index contributed by atoms with van der Waals surface area (Å²) in [5.41, 5.74) is 7.94. The van der Waals surface area contributed by atoms with Gasteiger partial charge in [-0.05, 0) is 36.4 Å². The number of ether oxygens (including phenoxy) is 2. The Hall–Kier alpha value is -3.57. The van der Waals surface area contributed by atoms with E-state index in [2.05, 4.69) is 20.6 Å². The molecule has 0 spiro atoms. The van der Waals surface area contributed by atoms with Gasteiger partial charge in [0, 0.05) is 30.5 Å². The van der Waals surface area contributed by atoms with E-state index in [-0.39, 0.29) is 11.7 Å². The highest BCUT2D eigenvalue weighted by molar-refractivity contribution is 7.89. The van der Waals surface area contributed by atoms with Gasteiger partial charge in [0.25, 0.3) is 0 Å². The van der Waals surface area contributed by atoms with Crippen molar-refractivity contribution in [1.82, 2.24) is 14.3 Å². The maximum Gasteiger partial charge on any atom is 0.243 e. The van der Waals surface area contributed by atoms with Crippen molar-refractivity contribution in [2.45, 2.75) is 18.7 Å². The second-order valence-corrected chi connectivity index (χ2v) is 8.85. The first-order valence-electron chi connectivity index (χ1n) is 10.1. The van der Waals surface area contributed by atoms with Crippen molar-refractivity contribution in [3.63, 3.8) is 0 Å². The van der Waals surface area contributed by atoms with Crippen LogP contribution in [0.5, 0.6) is 11.5 Å². The fraction of sp³-hybridized carbons (Fsp3) is 0.238. The number of sulfonamides is 1. The van der Waals surface area contributed by atoms with E-state index in [0.29, 0.717) is 47.6 Å². The molecule has 0 saturated heterocycles. The van der Waals surface area contributed by atoms with Crippen molar-refractivity contribution < 1.29 is 17.9 Å². The van der Waals surface area contributed by atoms with Crippen molar-refractivity contribution in [2.24, 2.45) is 0 Å². The molecule has 0 bridgehead atoms. The van der Waals surface area contributed by atoms with Gasteiger partial charge >= 0.3 is 0 Å². The summed E-state index contributed by atoms with van der Waals surface area (Å²) in [5.74, 6) is 2.13. The van der Waals surface area contributed by atoms with Crippen LogP contribution < -0.4 is 25.8 Å². The molecule has 0 unspecified atom stereocenters. The third-order valence-corrected chi connectivity index (χ3v) is 7.04. The van der Waals surface area contributed by atoms with Gasteiger partial charge in [0.05, 0.1) is 4.90 Å². The first-order valence-corrected chi connectivity index (χ1v) is 11.5. The topological polar surface area (TPSA) is 132 Å². The van der Waals surface area contributed by atoms with Crippen LogP contribution in [0, 0.1) is 0 Å². The number of hydrogen-bond donors (Lipinski definition) is 3. The van der Waals surface area contributed by atoms with Crippen LogP contribution in [-0.4, -0.2) is 42.6 Å². The Balaban J connectivity index is 1.52. The number of rotatable bonds is 8. The number of nitrogens with one attached hydrogen (secondary N) is 2. The molecule has 0 amide bonds. The average molecular weight is 457 g/mol. The molecule has 0 radical (unpaired) electrons. The van der Waals surface area contributed by atoms with Crippen LogP contribution in [0.4, 0.5) is 28.7 Å². The van der Waals surface area contributed by atoms with Gasteiger partial charge in [0.1, 0.15) is 12.0 Å². The van der Waals surface area contributed by atoms with Crippen LogP contribution >= 0.6 is 0 Å². The van der Waals surface area contributed by atoms with Gasteiger partial charge in [-0.15, -0.1) is 0 Å². The summed E-state index contributed by atoms with van der Waals surface area (Å²) in [6.45, 7) is 4.64. The number of aromatic nitrogens is 2. The molecule has 0 fully saturated rings. The molecule has 0 aliphatic carbocycles. The lowest BCUT2D eigenvalue weighted by atomic mass is 10.2. The van der Waals surface area contributed by atoms with E-state index in [1.54, 1.807) is 36.4 Å². The third kappa shape index (κ3) is 4.25. The average Bonchev–Trinajstić information content (AvgIpc) is 3.25. The largest absolute Gasteiger partial charge is 0.454 e.